The second-order valence-electron chi connectivity index (χ2n) is 6.99. The highest BCUT2D eigenvalue weighted by atomic mass is 32.2. The quantitative estimate of drug-likeness (QED) is 0.398. The zero-order chi connectivity index (χ0) is 22.8. The molecule has 8 nitrogen and oxygen atoms in total. The van der Waals surface area contributed by atoms with E-state index in [2.05, 4.69) is 0 Å². The highest BCUT2D eigenvalue weighted by Gasteiger charge is 2.18. The normalized spacial score (nSPS) is 11.1. The van der Waals surface area contributed by atoms with E-state index in [1.165, 1.54) is 7.11 Å². The van der Waals surface area contributed by atoms with Crippen LogP contribution in [0, 0.1) is 0 Å². The lowest BCUT2D eigenvalue weighted by atomic mass is 10.1. The Hall–Kier alpha value is -2.75. The van der Waals surface area contributed by atoms with Crippen molar-refractivity contribution < 1.29 is 29.6 Å². The number of carbonyl (C=O) groups is 2. The first kappa shape index (κ1) is 24.5. The third-order valence-electron chi connectivity index (χ3n) is 4.73. The van der Waals surface area contributed by atoms with Crippen LogP contribution in [0.15, 0.2) is 47.4 Å². The fourth-order valence-electron chi connectivity index (χ4n) is 3.27. The summed E-state index contributed by atoms with van der Waals surface area (Å²) in [4.78, 5) is 27.3. The van der Waals surface area contributed by atoms with Gasteiger partial charge < -0.3 is 20.1 Å². The fourth-order valence-corrected chi connectivity index (χ4v) is 3.88. The van der Waals surface area contributed by atoms with Crippen molar-refractivity contribution in [3.8, 4) is 11.5 Å². The maximum Gasteiger partial charge on any atom is 0.317 e. The molecule has 9 heteroatoms. The van der Waals surface area contributed by atoms with E-state index in [4.69, 9.17) is 4.74 Å². The minimum absolute atomic E-state index is 0.0309. The number of ether oxygens (including phenoxy) is 1. The van der Waals surface area contributed by atoms with Gasteiger partial charge in [-0.25, -0.2) is 0 Å². The monoisotopic (exact) mass is 448 g/mol. The van der Waals surface area contributed by atoms with E-state index in [-0.39, 0.29) is 25.4 Å². The van der Waals surface area contributed by atoms with Crippen molar-refractivity contribution in [3.63, 3.8) is 0 Å². The number of benzene rings is 2. The molecule has 168 valence electrons. The summed E-state index contributed by atoms with van der Waals surface area (Å²) in [6.45, 7) is 0.907. The Balaban J connectivity index is 2.14. The first-order valence-corrected chi connectivity index (χ1v) is 10.9. The number of phenols is 1. The van der Waals surface area contributed by atoms with Crippen molar-refractivity contribution in [1.29, 1.82) is 0 Å². The molecule has 0 saturated heterocycles. The summed E-state index contributed by atoms with van der Waals surface area (Å²) < 4.78 is 5.12. The molecule has 0 bridgehead atoms. The maximum atomic E-state index is 11.4. The van der Waals surface area contributed by atoms with Crippen LogP contribution in [-0.4, -0.2) is 76.6 Å². The summed E-state index contributed by atoms with van der Waals surface area (Å²) in [5.41, 5.74) is 1.56. The number of carboxylic acids is 2. The molecule has 0 spiro atoms. The lowest BCUT2D eigenvalue weighted by molar-refractivity contribution is -0.140. The van der Waals surface area contributed by atoms with Gasteiger partial charge in [0.2, 0.25) is 0 Å². The predicted molar refractivity (Wildman–Crippen MR) is 119 cm³/mol. The highest BCUT2D eigenvalue weighted by Crippen LogP contribution is 2.30. The summed E-state index contributed by atoms with van der Waals surface area (Å²) in [6.07, 6.45) is 1.97. The van der Waals surface area contributed by atoms with E-state index >= 15 is 0 Å². The molecule has 0 aliphatic heterocycles. The zero-order valence-electron chi connectivity index (χ0n) is 17.7. The number of aliphatic carboxylic acids is 2. The second-order valence-corrected chi connectivity index (χ2v) is 7.84. The van der Waals surface area contributed by atoms with Crippen LogP contribution < -0.4 is 4.74 Å². The lowest BCUT2D eigenvalue weighted by Gasteiger charge is -2.26. The molecule has 31 heavy (non-hydrogen) atoms. The molecule has 2 rings (SSSR count). The first-order chi connectivity index (χ1) is 14.8. The van der Waals surface area contributed by atoms with Gasteiger partial charge in [0.05, 0.1) is 20.2 Å². The maximum absolute atomic E-state index is 11.4. The zero-order valence-corrected chi connectivity index (χ0v) is 18.5. The van der Waals surface area contributed by atoms with Crippen LogP contribution in [-0.2, 0) is 22.7 Å². The van der Waals surface area contributed by atoms with Crippen LogP contribution >= 0.6 is 11.8 Å². The Kier molecular flexibility index (Phi) is 9.64. The number of phenolic OH excluding ortho intramolecular Hbond substituents is 1. The van der Waals surface area contributed by atoms with Crippen molar-refractivity contribution in [1.82, 2.24) is 9.80 Å². The smallest absolute Gasteiger partial charge is 0.317 e. The van der Waals surface area contributed by atoms with Crippen molar-refractivity contribution >= 4 is 23.7 Å². The van der Waals surface area contributed by atoms with E-state index in [0.717, 1.165) is 10.5 Å². The third kappa shape index (κ3) is 7.78. The van der Waals surface area contributed by atoms with Crippen LogP contribution in [0.1, 0.15) is 11.1 Å². The molecule has 0 unspecified atom stereocenters. The van der Waals surface area contributed by atoms with E-state index in [1.54, 1.807) is 39.8 Å². The van der Waals surface area contributed by atoms with Gasteiger partial charge in [0.15, 0.2) is 11.5 Å². The molecule has 0 aromatic heterocycles. The molecule has 2 aromatic rings. The van der Waals surface area contributed by atoms with Gasteiger partial charge in [-0.05, 0) is 24.0 Å². The highest BCUT2D eigenvalue weighted by molar-refractivity contribution is 7.98. The van der Waals surface area contributed by atoms with Crippen LogP contribution in [0.2, 0.25) is 0 Å². The SMILES string of the molecule is COc1cccc(CN(CCN(CC(=O)O)Cc2ccccc2SC)CC(=O)O)c1O. The summed E-state index contributed by atoms with van der Waals surface area (Å²) in [6, 6.07) is 12.9. The van der Waals surface area contributed by atoms with E-state index < -0.39 is 11.9 Å². The topological polar surface area (TPSA) is 111 Å². The number of hydrogen-bond donors (Lipinski definition) is 3. The molecule has 0 heterocycles. The largest absolute Gasteiger partial charge is 0.504 e. The van der Waals surface area contributed by atoms with Crippen LogP contribution in [0.25, 0.3) is 0 Å². The standard InChI is InChI=1S/C22H28N2O6S/c1-30-18-8-5-7-17(22(18)29)13-24(15-21(27)28)11-10-23(14-20(25)26)12-16-6-3-4-9-19(16)31-2/h3-9,29H,10-15H2,1-2H3,(H,25,26)(H,27,28). The van der Waals surface area contributed by atoms with Crippen molar-refractivity contribution in [2.24, 2.45) is 0 Å². The number of carboxylic acid groups (broad SMARTS) is 2. The van der Waals surface area contributed by atoms with Crippen molar-refractivity contribution in [2.45, 2.75) is 18.0 Å². The van der Waals surface area contributed by atoms with Gasteiger partial charge in [0.25, 0.3) is 0 Å². The van der Waals surface area contributed by atoms with Crippen LogP contribution in [0.3, 0.4) is 0 Å². The van der Waals surface area contributed by atoms with Crippen molar-refractivity contribution in [3.05, 3.63) is 53.6 Å². The minimum Gasteiger partial charge on any atom is -0.504 e. The number of thioether (sulfide) groups is 1. The molecule has 0 fully saturated rings. The van der Waals surface area contributed by atoms with E-state index in [0.29, 0.717) is 30.9 Å². The molecule has 0 amide bonds. The second kappa shape index (κ2) is 12.2. The Morgan fingerprint density at radius 2 is 1.45 bits per heavy atom. The minimum atomic E-state index is -1.00. The van der Waals surface area contributed by atoms with Crippen LogP contribution in [0.4, 0.5) is 0 Å². The number of aromatic hydroxyl groups is 1. The average molecular weight is 449 g/mol. The number of para-hydroxylation sites is 1. The van der Waals surface area contributed by atoms with Gasteiger partial charge in [-0.1, -0.05) is 30.3 Å². The van der Waals surface area contributed by atoms with Gasteiger partial charge in [-0.3, -0.25) is 19.4 Å². The summed E-state index contributed by atoms with van der Waals surface area (Å²) in [5, 5.41) is 29.0. The molecule has 2 aromatic carbocycles. The molecule has 0 saturated carbocycles. The molecule has 0 aliphatic rings. The summed E-state index contributed by atoms with van der Waals surface area (Å²) in [7, 11) is 1.45. The molecule has 0 atom stereocenters. The Bertz CT molecular complexity index is 892. The molecular formula is C22H28N2O6S. The van der Waals surface area contributed by atoms with E-state index in [1.807, 2.05) is 30.5 Å². The Labute approximate surface area is 186 Å². The average Bonchev–Trinajstić information content (AvgIpc) is 2.73. The molecule has 0 aliphatic carbocycles. The molecule has 3 N–H and O–H groups in total. The number of hydrogen-bond acceptors (Lipinski definition) is 7. The first-order valence-electron chi connectivity index (χ1n) is 9.69. The predicted octanol–water partition coefficient (Wildman–Crippen LogP) is 2.60. The molecular weight excluding hydrogens is 420 g/mol. The van der Waals surface area contributed by atoms with Gasteiger partial charge in [0, 0.05) is 36.6 Å². The summed E-state index contributed by atoms with van der Waals surface area (Å²) in [5.74, 6) is -1.66. The third-order valence-corrected chi connectivity index (χ3v) is 5.57. The Morgan fingerprint density at radius 1 is 0.903 bits per heavy atom. The Morgan fingerprint density at radius 3 is 2.00 bits per heavy atom. The van der Waals surface area contributed by atoms with E-state index in [9.17, 15) is 24.9 Å². The molecule has 0 radical (unpaired) electrons. The van der Waals surface area contributed by atoms with Gasteiger partial charge >= 0.3 is 11.9 Å². The fraction of sp³-hybridized carbons (Fsp3) is 0.364. The lowest BCUT2D eigenvalue weighted by Crippen LogP contribution is -2.39. The number of rotatable bonds is 13. The van der Waals surface area contributed by atoms with Gasteiger partial charge in [-0.15, -0.1) is 11.8 Å². The van der Waals surface area contributed by atoms with Crippen molar-refractivity contribution in [2.75, 3.05) is 39.5 Å². The van der Waals surface area contributed by atoms with Gasteiger partial charge in [-0.2, -0.15) is 0 Å². The summed E-state index contributed by atoms with van der Waals surface area (Å²) >= 11 is 1.59. The number of nitrogens with zero attached hydrogens (tertiary/aromatic N) is 2. The van der Waals surface area contributed by atoms with Crippen LogP contribution in [0.5, 0.6) is 11.5 Å². The van der Waals surface area contributed by atoms with Gasteiger partial charge in [0.1, 0.15) is 0 Å². The number of methoxy groups -OCH3 is 1.